The van der Waals surface area contributed by atoms with Gasteiger partial charge in [0.15, 0.2) is 5.78 Å². The van der Waals surface area contributed by atoms with Crippen LogP contribution in [-0.4, -0.2) is 12.1 Å². The number of nitriles is 1. The van der Waals surface area contributed by atoms with Gasteiger partial charge in [-0.1, -0.05) is 11.6 Å². The molecular formula is C10H6ClNO2. The van der Waals surface area contributed by atoms with Gasteiger partial charge in [-0.2, -0.15) is 5.26 Å². The normalized spacial score (nSPS) is 9.21. The van der Waals surface area contributed by atoms with E-state index in [1.807, 2.05) is 6.07 Å². The van der Waals surface area contributed by atoms with E-state index in [9.17, 15) is 9.59 Å². The summed E-state index contributed by atoms with van der Waals surface area (Å²) in [6.07, 6.45) is 0.583. The smallest absolute Gasteiger partial charge is 0.161 e. The third kappa shape index (κ3) is 1.81. The second-order valence-electron chi connectivity index (χ2n) is 2.71. The fourth-order valence-electron chi connectivity index (χ4n) is 1.09. The van der Waals surface area contributed by atoms with E-state index < -0.39 is 0 Å². The minimum atomic E-state index is -0.285. The Morgan fingerprint density at radius 2 is 2.21 bits per heavy atom. The maximum absolute atomic E-state index is 11.1. The van der Waals surface area contributed by atoms with Crippen molar-refractivity contribution in [2.24, 2.45) is 0 Å². The Balaban J connectivity index is 3.53. The van der Waals surface area contributed by atoms with Gasteiger partial charge < -0.3 is 0 Å². The molecule has 0 bridgehead atoms. The SMILES string of the molecule is CC(=O)c1cc(C=O)cc(Cl)c1C#N. The number of halogens is 1. The Morgan fingerprint density at radius 1 is 1.57 bits per heavy atom. The van der Waals surface area contributed by atoms with Crippen LogP contribution in [0.4, 0.5) is 0 Å². The number of benzene rings is 1. The molecule has 1 aromatic rings. The molecule has 3 nitrogen and oxygen atoms in total. The van der Waals surface area contributed by atoms with Crippen molar-refractivity contribution < 1.29 is 9.59 Å². The summed E-state index contributed by atoms with van der Waals surface area (Å²) in [6, 6.07) is 4.55. The number of carbonyl (C=O) groups is 2. The predicted octanol–water partition coefficient (Wildman–Crippen LogP) is 2.23. The number of hydrogen-bond acceptors (Lipinski definition) is 3. The van der Waals surface area contributed by atoms with Gasteiger partial charge in [0.2, 0.25) is 0 Å². The maximum atomic E-state index is 11.1. The summed E-state index contributed by atoms with van der Waals surface area (Å²) in [7, 11) is 0. The van der Waals surface area contributed by atoms with E-state index in [1.54, 1.807) is 0 Å². The molecule has 0 atom stereocenters. The molecule has 70 valence electrons. The molecule has 0 fully saturated rings. The van der Waals surface area contributed by atoms with E-state index in [4.69, 9.17) is 16.9 Å². The minimum Gasteiger partial charge on any atom is -0.298 e. The number of Topliss-reactive ketones (excluding diaryl/α,β-unsaturated/α-hetero) is 1. The quantitative estimate of drug-likeness (QED) is 0.552. The Kier molecular flexibility index (Phi) is 3.00. The first-order chi connectivity index (χ1) is 6.60. The molecule has 0 amide bonds. The van der Waals surface area contributed by atoms with Gasteiger partial charge in [-0.05, 0) is 19.1 Å². The van der Waals surface area contributed by atoms with Crippen molar-refractivity contribution in [3.8, 4) is 6.07 Å². The Morgan fingerprint density at radius 3 is 2.64 bits per heavy atom. The average Bonchev–Trinajstić information content (AvgIpc) is 2.16. The molecule has 0 aliphatic heterocycles. The highest BCUT2D eigenvalue weighted by Gasteiger charge is 2.12. The lowest BCUT2D eigenvalue weighted by atomic mass is 10.0. The fourth-order valence-corrected chi connectivity index (χ4v) is 1.36. The van der Waals surface area contributed by atoms with Crippen LogP contribution >= 0.6 is 11.6 Å². The molecule has 0 N–H and O–H groups in total. The molecule has 0 saturated carbocycles. The highest BCUT2D eigenvalue weighted by molar-refractivity contribution is 6.32. The predicted molar refractivity (Wildman–Crippen MR) is 51.6 cm³/mol. The first-order valence-corrected chi connectivity index (χ1v) is 4.17. The molecule has 0 unspecified atom stereocenters. The summed E-state index contributed by atoms with van der Waals surface area (Å²) in [5.74, 6) is -0.285. The van der Waals surface area contributed by atoms with Gasteiger partial charge in [-0.15, -0.1) is 0 Å². The van der Waals surface area contributed by atoms with Gasteiger partial charge in [-0.25, -0.2) is 0 Å². The molecule has 0 aliphatic carbocycles. The largest absolute Gasteiger partial charge is 0.298 e. The van der Waals surface area contributed by atoms with Gasteiger partial charge in [0.05, 0.1) is 10.6 Å². The van der Waals surface area contributed by atoms with Crippen LogP contribution in [0.3, 0.4) is 0 Å². The molecule has 0 radical (unpaired) electrons. The van der Waals surface area contributed by atoms with Gasteiger partial charge in [0.25, 0.3) is 0 Å². The van der Waals surface area contributed by atoms with Crippen LogP contribution in [0, 0.1) is 11.3 Å². The van der Waals surface area contributed by atoms with Gasteiger partial charge in [-0.3, -0.25) is 9.59 Å². The summed E-state index contributed by atoms with van der Waals surface area (Å²) >= 11 is 5.72. The van der Waals surface area contributed by atoms with Crippen molar-refractivity contribution in [1.82, 2.24) is 0 Å². The van der Waals surface area contributed by atoms with Crippen LogP contribution in [0.2, 0.25) is 5.02 Å². The Bertz CT molecular complexity index is 446. The fraction of sp³-hybridized carbons (Fsp3) is 0.100. The molecule has 0 saturated heterocycles. The van der Waals surface area contributed by atoms with Crippen LogP contribution in [0.25, 0.3) is 0 Å². The molecule has 1 aromatic carbocycles. The number of rotatable bonds is 2. The van der Waals surface area contributed by atoms with Crippen molar-refractivity contribution >= 4 is 23.7 Å². The molecule has 0 aromatic heterocycles. The molecule has 0 heterocycles. The second-order valence-corrected chi connectivity index (χ2v) is 3.12. The summed E-state index contributed by atoms with van der Waals surface area (Å²) in [5.41, 5.74) is 0.589. The lowest BCUT2D eigenvalue weighted by Gasteiger charge is -2.02. The molecular weight excluding hydrogens is 202 g/mol. The zero-order chi connectivity index (χ0) is 10.7. The van der Waals surface area contributed by atoms with Crippen LogP contribution in [0.5, 0.6) is 0 Å². The molecule has 0 aliphatic rings. The third-order valence-electron chi connectivity index (χ3n) is 1.74. The van der Waals surface area contributed by atoms with Crippen LogP contribution in [-0.2, 0) is 0 Å². The monoisotopic (exact) mass is 207 g/mol. The highest BCUT2D eigenvalue weighted by Crippen LogP contribution is 2.21. The lowest BCUT2D eigenvalue weighted by molar-refractivity contribution is 0.101. The second kappa shape index (κ2) is 4.03. The van der Waals surface area contributed by atoms with Crippen molar-refractivity contribution in [3.63, 3.8) is 0 Å². The van der Waals surface area contributed by atoms with Crippen molar-refractivity contribution in [2.45, 2.75) is 6.92 Å². The molecule has 14 heavy (non-hydrogen) atoms. The zero-order valence-electron chi connectivity index (χ0n) is 7.37. The van der Waals surface area contributed by atoms with E-state index in [0.29, 0.717) is 11.8 Å². The molecule has 4 heteroatoms. The minimum absolute atomic E-state index is 0.116. The number of nitrogens with zero attached hydrogens (tertiary/aromatic N) is 1. The highest BCUT2D eigenvalue weighted by atomic mass is 35.5. The first kappa shape index (κ1) is 10.4. The molecule has 1 rings (SSSR count). The summed E-state index contributed by atoms with van der Waals surface area (Å²) in [4.78, 5) is 21.6. The summed E-state index contributed by atoms with van der Waals surface area (Å²) in [6.45, 7) is 1.32. The zero-order valence-corrected chi connectivity index (χ0v) is 8.13. The van der Waals surface area contributed by atoms with E-state index in [2.05, 4.69) is 0 Å². The van der Waals surface area contributed by atoms with Crippen molar-refractivity contribution in [3.05, 3.63) is 33.8 Å². The van der Waals surface area contributed by atoms with Gasteiger partial charge in [0.1, 0.15) is 12.4 Å². The van der Waals surface area contributed by atoms with Crippen LogP contribution in [0.15, 0.2) is 12.1 Å². The molecule has 0 spiro atoms. The van der Waals surface area contributed by atoms with Crippen molar-refractivity contribution in [2.75, 3.05) is 0 Å². The number of carbonyl (C=O) groups excluding carboxylic acids is 2. The topological polar surface area (TPSA) is 57.9 Å². The third-order valence-corrected chi connectivity index (χ3v) is 2.04. The van der Waals surface area contributed by atoms with E-state index in [1.165, 1.54) is 19.1 Å². The van der Waals surface area contributed by atoms with E-state index in [-0.39, 0.29) is 21.9 Å². The number of hydrogen-bond donors (Lipinski definition) is 0. The van der Waals surface area contributed by atoms with Gasteiger partial charge >= 0.3 is 0 Å². The van der Waals surface area contributed by atoms with E-state index >= 15 is 0 Å². The van der Waals surface area contributed by atoms with E-state index in [0.717, 1.165) is 0 Å². The summed E-state index contributed by atoms with van der Waals surface area (Å²) < 4.78 is 0. The Labute approximate surface area is 85.9 Å². The maximum Gasteiger partial charge on any atom is 0.161 e. The first-order valence-electron chi connectivity index (χ1n) is 3.80. The van der Waals surface area contributed by atoms with Crippen LogP contribution < -0.4 is 0 Å². The number of ketones is 1. The van der Waals surface area contributed by atoms with Gasteiger partial charge in [0, 0.05) is 11.1 Å². The number of aldehydes is 1. The average molecular weight is 208 g/mol. The lowest BCUT2D eigenvalue weighted by Crippen LogP contribution is -1.99. The summed E-state index contributed by atoms with van der Waals surface area (Å²) in [5, 5.41) is 8.86. The van der Waals surface area contributed by atoms with Crippen LogP contribution in [0.1, 0.15) is 33.2 Å². The van der Waals surface area contributed by atoms with Crippen molar-refractivity contribution in [1.29, 1.82) is 5.26 Å². The standard InChI is InChI=1S/C10H6ClNO2/c1-6(14)8-2-7(5-13)3-10(11)9(8)4-12/h2-3,5H,1H3. The Hall–Kier alpha value is -1.66.